The molecule has 0 aliphatic carbocycles. The summed E-state index contributed by atoms with van der Waals surface area (Å²) in [6.45, 7) is 2.08. The highest BCUT2D eigenvalue weighted by Crippen LogP contribution is 2.42. The van der Waals surface area contributed by atoms with Crippen LogP contribution >= 0.6 is 0 Å². The molecule has 4 aromatic rings. The summed E-state index contributed by atoms with van der Waals surface area (Å²) in [7, 11) is 0. The first-order valence-corrected chi connectivity index (χ1v) is 10.1. The second-order valence-corrected chi connectivity index (χ2v) is 7.63. The van der Waals surface area contributed by atoms with Gasteiger partial charge in [-0.3, -0.25) is 9.69 Å². The molecule has 0 saturated carbocycles. The molecule has 1 aliphatic heterocycles. The van der Waals surface area contributed by atoms with E-state index in [0.717, 1.165) is 12.0 Å². The second kappa shape index (κ2) is 7.59. The zero-order valence-corrected chi connectivity index (χ0v) is 16.7. The molecule has 1 aromatic heterocycles. The molecule has 2 atom stereocenters. The maximum absolute atomic E-state index is 13.6. The highest BCUT2D eigenvalue weighted by molar-refractivity contribution is 6.05. The highest BCUT2D eigenvalue weighted by atomic mass is 16.2. The summed E-state index contributed by atoms with van der Waals surface area (Å²) in [6.07, 6.45) is 2.26. The Morgan fingerprint density at radius 2 is 1.47 bits per heavy atom. The van der Waals surface area contributed by atoms with E-state index in [9.17, 15) is 4.79 Å². The third kappa shape index (κ3) is 3.18. The van der Waals surface area contributed by atoms with Crippen LogP contribution in [-0.4, -0.2) is 20.7 Å². The summed E-state index contributed by atoms with van der Waals surface area (Å²) < 4.78 is 1.88. The molecule has 5 heteroatoms. The molecule has 1 amide bonds. The van der Waals surface area contributed by atoms with Crippen molar-refractivity contribution in [2.45, 2.75) is 25.4 Å². The Hall–Kier alpha value is -3.73. The van der Waals surface area contributed by atoms with E-state index in [1.54, 1.807) is 4.90 Å². The number of nitrogens with zero attached hydrogens (tertiary/aromatic N) is 4. The third-order valence-corrected chi connectivity index (χ3v) is 5.71. The molecule has 0 unspecified atom stereocenters. The molecule has 148 valence electrons. The Bertz CT molecular complexity index is 1150. The van der Waals surface area contributed by atoms with Crippen molar-refractivity contribution < 1.29 is 4.79 Å². The molecular formula is C25H22N4O. The number of carbonyl (C=O) groups excluding carboxylic acids is 1. The van der Waals surface area contributed by atoms with Crippen LogP contribution in [-0.2, 0) is 0 Å². The molecule has 0 fully saturated rings. The SMILES string of the molecule is Cc1ccc([C@H]2C[C@H](c3ccccc3)N(C(=O)c3ccccc3)c3ncnn32)cc1. The minimum absolute atomic E-state index is 0.00753. The number of aromatic nitrogens is 3. The number of hydrogen-bond donors (Lipinski definition) is 0. The van der Waals surface area contributed by atoms with Gasteiger partial charge in [0.1, 0.15) is 6.33 Å². The van der Waals surface area contributed by atoms with Crippen molar-refractivity contribution in [2.24, 2.45) is 0 Å². The quantitative estimate of drug-likeness (QED) is 0.493. The van der Waals surface area contributed by atoms with Gasteiger partial charge in [-0.2, -0.15) is 10.1 Å². The number of amides is 1. The topological polar surface area (TPSA) is 51.0 Å². The van der Waals surface area contributed by atoms with Crippen molar-refractivity contribution in [3.63, 3.8) is 0 Å². The summed E-state index contributed by atoms with van der Waals surface area (Å²) in [5.74, 6) is 0.510. The van der Waals surface area contributed by atoms with E-state index in [4.69, 9.17) is 0 Å². The maximum atomic E-state index is 13.6. The smallest absolute Gasteiger partial charge is 0.261 e. The predicted molar refractivity (Wildman–Crippen MR) is 116 cm³/mol. The van der Waals surface area contributed by atoms with Crippen molar-refractivity contribution in [1.29, 1.82) is 0 Å². The van der Waals surface area contributed by atoms with Gasteiger partial charge in [0.05, 0.1) is 12.1 Å². The van der Waals surface area contributed by atoms with Gasteiger partial charge in [0.25, 0.3) is 5.91 Å². The summed E-state index contributed by atoms with van der Waals surface area (Å²) >= 11 is 0. The Morgan fingerprint density at radius 1 is 0.833 bits per heavy atom. The van der Waals surface area contributed by atoms with Crippen molar-refractivity contribution in [2.75, 3.05) is 4.90 Å². The summed E-state index contributed by atoms with van der Waals surface area (Å²) in [6, 6.07) is 27.9. The minimum Gasteiger partial charge on any atom is -0.269 e. The van der Waals surface area contributed by atoms with E-state index in [0.29, 0.717) is 11.5 Å². The number of anilines is 1. The average Bonchev–Trinajstić information content (AvgIpc) is 3.29. The Morgan fingerprint density at radius 3 is 2.17 bits per heavy atom. The van der Waals surface area contributed by atoms with Gasteiger partial charge < -0.3 is 0 Å². The van der Waals surface area contributed by atoms with Crippen molar-refractivity contribution in [3.8, 4) is 0 Å². The zero-order valence-electron chi connectivity index (χ0n) is 16.7. The van der Waals surface area contributed by atoms with Crippen LogP contribution in [0.4, 0.5) is 5.95 Å². The van der Waals surface area contributed by atoms with Crippen molar-refractivity contribution in [3.05, 3.63) is 114 Å². The highest BCUT2D eigenvalue weighted by Gasteiger charge is 2.39. The molecule has 5 rings (SSSR count). The normalized spacial score (nSPS) is 18.1. The second-order valence-electron chi connectivity index (χ2n) is 7.63. The van der Waals surface area contributed by atoms with Gasteiger partial charge in [0, 0.05) is 5.56 Å². The van der Waals surface area contributed by atoms with Crippen LogP contribution in [0.5, 0.6) is 0 Å². The number of aryl methyl sites for hydroxylation is 1. The zero-order chi connectivity index (χ0) is 20.5. The van der Waals surface area contributed by atoms with E-state index in [1.807, 2.05) is 53.2 Å². The van der Waals surface area contributed by atoms with Crippen LogP contribution in [0.2, 0.25) is 0 Å². The molecule has 0 spiro atoms. The van der Waals surface area contributed by atoms with Gasteiger partial charge in [-0.05, 0) is 36.6 Å². The predicted octanol–water partition coefficient (Wildman–Crippen LogP) is 4.97. The molecule has 0 radical (unpaired) electrons. The van der Waals surface area contributed by atoms with E-state index in [1.165, 1.54) is 17.5 Å². The Labute approximate surface area is 175 Å². The van der Waals surface area contributed by atoms with Crippen LogP contribution in [0.15, 0.2) is 91.3 Å². The largest absolute Gasteiger partial charge is 0.269 e. The van der Waals surface area contributed by atoms with Crippen LogP contribution < -0.4 is 4.90 Å². The van der Waals surface area contributed by atoms with E-state index in [-0.39, 0.29) is 18.0 Å². The maximum Gasteiger partial charge on any atom is 0.261 e. The summed E-state index contributed by atoms with van der Waals surface area (Å²) in [5.41, 5.74) is 4.11. The fraction of sp³-hybridized carbons (Fsp3) is 0.160. The van der Waals surface area contributed by atoms with E-state index >= 15 is 0 Å². The summed E-state index contributed by atoms with van der Waals surface area (Å²) in [5, 5.41) is 4.50. The molecule has 2 heterocycles. The molecule has 3 aromatic carbocycles. The van der Waals surface area contributed by atoms with E-state index in [2.05, 4.69) is 53.4 Å². The molecule has 1 aliphatic rings. The monoisotopic (exact) mass is 394 g/mol. The minimum atomic E-state index is -0.137. The van der Waals surface area contributed by atoms with Crippen LogP contribution in [0.25, 0.3) is 0 Å². The Balaban J connectivity index is 1.64. The van der Waals surface area contributed by atoms with Gasteiger partial charge in [-0.25, -0.2) is 4.68 Å². The number of hydrogen-bond acceptors (Lipinski definition) is 3. The fourth-order valence-corrected chi connectivity index (χ4v) is 4.17. The van der Waals surface area contributed by atoms with E-state index < -0.39 is 0 Å². The summed E-state index contributed by atoms with van der Waals surface area (Å²) in [4.78, 5) is 19.9. The number of benzene rings is 3. The molecule has 0 bridgehead atoms. The standard InChI is InChI=1S/C25H22N4O/c1-18-12-14-20(15-13-18)23-16-22(19-8-4-2-5-9-19)28(25-26-17-27-29(23)25)24(30)21-10-6-3-7-11-21/h2-15,17,22-23H,16H2,1H3/t22-,23-/m1/s1. The van der Waals surface area contributed by atoms with Gasteiger partial charge in [-0.15, -0.1) is 0 Å². The number of fused-ring (bicyclic) bond motifs is 1. The van der Waals surface area contributed by atoms with Gasteiger partial charge in [-0.1, -0.05) is 78.4 Å². The Kier molecular flexibility index (Phi) is 4.64. The lowest BCUT2D eigenvalue weighted by Crippen LogP contribution is -2.42. The van der Waals surface area contributed by atoms with Gasteiger partial charge in [0.2, 0.25) is 5.95 Å². The van der Waals surface area contributed by atoms with Crippen LogP contribution in [0.1, 0.15) is 45.6 Å². The molecular weight excluding hydrogens is 372 g/mol. The van der Waals surface area contributed by atoms with Crippen molar-refractivity contribution >= 4 is 11.9 Å². The average molecular weight is 394 g/mol. The molecule has 5 nitrogen and oxygen atoms in total. The lowest BCUT2D eigenvalue weighted by molar-refractivity contribution is 0.0963. The lowest BCUT2D eigenvalue weighted by Gasteiger charge is -2.39. The third-order valence-electron chi connectivity index (χ3n) is 5.71. The fourth-order valence-electron chi connectivity index (χ4n) is 4.17. The first-order valence-electron chi connectivity index (χ1n) is 10.1. The van der Waals surface area contributed by atoms with Crippen LogP contribution in [0, 0.1) is 6.92 Å². The lowest BCUT2D eigenvalue weighted by atomic mass is 9.91. The number of carbonyl (C=O) groups is 1. The van der Waals surface area contributed by atoms with Crippen molar-refractivity contribution in [1.82, 2.24) is 14.8 Å². The van der Waals surface area contributed by atoms with Gasteiger partial charge in [0.15, 0.2) is 0 Å². The number of rotatable bonds is 3. The first-order chi connectivity index (χ1) is 14.7. The molecule has 0 saturated heterocycles. The molecule has 30 heavy (non-hydrogen) atoms. The first kappa shape index (κ1) is 18.3. The van der Waals surface area contributed by atoms with Crippen LogP contribution in [0.3, 0.4) is 0 Å². The molecule has 0 N–H and O–H groups in total. The van der Waals surface area contributed by atoms with Gasteiger partial charge >= 0.3 is 0 Å².